The molecule has 0 spiro atoms. The molecule has 0 saturated carbocycles. The summed E-state index contributed by atoms with van der Waals surface area (Å²) in [5.74, 6) is -3.13. The van der Waals surface area contributed by atoms with Gasteiger partial charge >= 0.3 is 17.9 Å². The van der Waals surface area contributed by atoms with E-state index in [-0.39, 0.29) is 34.8 Å². The lowest BCUT2D eigenvalue weighted by atomic mass is 10.0. The molecule has 3 aromatic carbocycles. The van der Waals surface area contributed by atoms with E-state index in [2.05, 4.69) is 16.0 Å². The number of imidazole rings is 3. The normalized spacial score (nSPS) is 16.4. The van der Waals surface area contributed by atoms with Crippen molar-refractivity contribution in [2.24, 2.45) is 17.8 Å². The molecule has 69 heavy (non-hydrogen) atoms. The van der Waals surface area contributed by atoms with Gasteiger partial charge in [-0.2, -0.15) is 0 Å². The van der Waals surface area contributed by atoms with E-state index in [0.717, 1.165) is 0 Å². The molecule has 0 saturated heterocycles. The first-order valence-electron chi connectivity index (χ1n) is 22.6. The molecule has 3 N–H and O–H groups in total. The molecule has 7 rings (SSSR count). The Bertz CT molecular complexity index is 2640. The summed E-state index contributed by atoms with van der Waals surface area (Å²) in [5.41, 5.74) is 4.07. The van der Waals surface area contributed by atoms with E-state index in [9.17, 15) is 28.8 Å². The van der Waals surface area contributed by atoms with Gasteiger partial charge in [0.1, 0.15) is 34.6 Å². The monoisotopic (exact) mass is 939 g/mol. The maximum Gasteiger partial charge on any atom is 0.337 e. The van der Waals surface area contributed by atoms with Gasteiger partial charge in [-0.05, 0) is 111 Å². The van der Waals surface area contributed by atoms with Crippen LogP contribution in [-0.2, 0) is 14.2 Å². The number of methoxy groups -OCH3 is 3. The molecule has 6 aromatic rings. The van der Waals surface area contributed by atoms with Crippen molar-refractivity contribution < 1.29 is 43.0 Å². The van der Waals surface area contributed by atoms with Crippen LogP contribution in [-0.4, -0.2) is 85.6 Å². The highest BCUT2D eigenvalue weighted by atomic mass is 16.5. The minimum Gasteiger partial charge on any atom is -0.465 e. The minimum atomic E-state index is -0.817. The summed E-state index contributed by atoms with van der Waals surface area (Å²) in [4.78, 5) is 97.2. The molecule has 0 unspecified atom stereocenters. The summed E-state index contributed by atoms with van der Waals surface area (Å²) in [6.45, 7) is 16.8. The molecule has 3 atom stereocenters. The highest BCUT2D eigenvalue weighted by molar-refractivity contribution is 5.97. The fraction of sp³-hybridized carbons (Fsp3) is 0.353. The van der Waals surface area contributed by atoms with Crippen LogP contribution in [0.2, 0.25) is 0 Å². The molecule has 0 fully saturated rings. The van der Waals surface area contributed by atoms with Crippen molar-refractivity contribution in [1.29, 1.82) is 0 Å². The molecule has 360 valence electrons. The third kappa shape index (κ3) is 9.25. The molecule has 3 amide bonds. The predicted octanol–water partition coefficient (Wildman–Crippen LogP) is 7.22. The number of carbonyl (C=O) groups excluding carboxylic acids is 6. The van der Waals surface area contributed by atoms with E-state index in [0.29, 0.717) is 68.3 Å². The van der Waals surface area contributed by atoms with Gasteiger partial charge in [0.2, 0.25) is 0 Å². The van der Waals surface area contributed by atoms with Crippen molar-refractivity contribution >= 4 is 35.6 Å². The summed E-state index contributed by atoms with van der Waals surface area (Å²) < 4.78 is 20.2. The molecular formula is C51H57N9O9. The van der Waals surface area contributed by atoms with Gasteiger partial charge in [0, 0.05) is 17.1 Å². The van der Waals surface area contributed by atoms with Crippen LogP contribution in [0.25, 0.3) is 17.1 Å². The number of ether oxygens (including phenoxy) is 3. The molecule has 3 aromatic heterocycles. The van der Waals surface area contributed by atoms with Crippen molar-refractivity contribution in [3.63, 3.8) is 0 Å². The van der Waals surface area contributed by atoms with Gasteiger partial charge in [-0.15, -0.1) is 0 Å². The van der Waals surface area contributed by atoms with Gasteiger partial charge in [-0.3, -0.25) is 28.1 Å². The van der Waals surface area contributed by atoms with Crippen LogP contribution >= 0.6 is 0 Å². The average Bonchev–Trinajstić information content (AvgIpc) is 3.99. The zero-order chi connectivity index (χ0) is 50.2. The molecule has 1 aliphatic rings. The van der Waals surface area contributed by atoms with Gasteiger partial charge in [0.15, 0.2) is 0 Å². The SMILES string of the molecule is COC(=O)c1ccc(-n2c3nc(c2C)C(=O)N[C@@H](C(C)C)c2nc(c(C)n2-c2ccc(C(=O)OC)cc2)C(=O)N[C@@H](C(C)C)c2nc(c(C)n2-c2ccc(C(=O)OC)cc2)C(=O)N[C@H]3C(C)C)cc1. The molecule has 0 radical (unpaired) electrons. The van der Waals surface area contributed by atoms with Crippen LogP contribution < -0.4 is 16.0 Å². The van der Waals surface area contributed by atoms with Crippen LogP contribution in [0, 0.1) is 38.5 Å². The van der Waals surface area contributed by atoms with Crippen molar-refractivity contribution in [3.05, 3.63) is 141 Å². The van der Waals surface area contributed by atoms with E-state index >= 15 is 0 Å². The Morgan fingerprint density at radius 2 is 0.652 bits per heavy atom. The van der Waals surface area contributed by atoms with Gasteiger partial charge < -0.3 is 30.2 Å². The quantitative estimate of drug-likeness (QED) is 0.0967. The van der Waals surface area contributed by atoms with Gasteiger partial charge in [0.05, 0.1) is 73.2 Å². The van der Waals surface area contributed by atoms with Gasteiger partial charge in [-0.1, -0.05) is 41.5 Å². The number of aromatic nitrogens is 6. The first-order valence-corrected chi connectivity index (χ1v) is 22.6. The summed E-state index contributed by atoms with van der Waals surface area (Å²) in [6, 6.07) is 17.5. The fourth-order valence-corrected chi connectivity index (χ4v) is 8.63. The molecule has 6 bridgehead atoms. The minimum absolute atomic E-state index is 0.0573. The smallest absolute Gasteiger partial charge is 0.337 e. The van der Waals surface area contributed by atoms with Crippen LogP contribution in [0.1, 0.15) is 157 Å². The Morgan fingerprint density at radius 3 is 0.841 bits per heavy atom. The van der Waals surface area contributed by atoms with Crippen LogP contribution in [0.15, 0.2) is 72.8 Å². The average molecular weight is 940 g/mol. The van der Waals surface area contributed by atoms with E-state index in [4.69, 9.17) is 29.2 Å². The Hall–Kier alpha value is -7.89. The standard InChI is InChI=1S/C51H57N9O9/c1-25(2)37-43-52-41(28(7)58(43)34-19-13-31(14-20-34)49(64)67-10)47(62)56-39(27(5)6)45-54-42(30(9)60(45)36-23-17-33(18-24-36)51(66)69-12)48(63)57-38(26(3)4)44-53-40(46(61)55-37)29(8)59(44)35-21-15-32(16-22-35)50(65)68-11/h13-27,37-39H,1-12H3,(H,55,61)(H,56,62)(H,57,63)/t37-,38-,39-/m0/s1. The van der Waals surface area contributed by atoms with Crippen LogP contribution in [0.5, 0.6) is 0 Å². The number of nitrogens with zero attached hydrogens (tertiary/aromatic N) is 6. The van der Waals surface area contributed by atoms with Gasteiger partial charge in [-0.25, -0.2) is 29.3 Å². The molecule has 18 heteroatoms. The Morgan fingerprint density at radius 1 is 0.435 bits per heavy atom. The van der Waals surface area contributed by atoms with E-state index in [1.54, 1.807) is 107 Å². The van der Waals surface area contributed by atoms with E-state index in [1.165, 1.54) is 21.3 Å². The maximum atomic E-state index is 14.9. The molecule has 1 aliphatic heterocycles. The Balaban J connectivity index is 1.51. The van der Waals surface area contributed by atoms with Crippen LogP contribution in [0.4, 0.5) is 0 Å². The van der Waals surface area contributed by atoms with Crippen molar-refractivity contribution in [3.8, 4) is 17.1 Å². The van der Waals surface area contributed by atoms with E-state index < -0.39 is 53.8 Å². The zero-order valence-electron chi connectivity index (χ0n) is 40.7. The number of esters is 3. The number of rotatable bonds is 9. The first-order chi connectivity index (χ1) is 32.8. The molecule has 0 aliphatic carbocycles. The summed E-state index contributed by atoms with van der Waals surface area (Å²) in [6.07, 6.45) is 0. The van der Waals surface area contributed by atoms with E-state index in [1.807, 2.05) is 41.5 Å². The first kappa shape index (κ1) is 49.0. The Kier molecular flexibility index (Phi) is 14.0. The molecular weight excluding hydrogens is 883 g/mol. The number of amides is 3. The number of hydrogen-bond acceptors (Lipinski definition) is 12. The van der Waals surface area contributed by atoms with Crippen LogP contribution in [0.3, 0.4) is 0 Å². The number of carbonyl (C=O) groups is 6. The van der Waals surface area contributed by atoms with Gasteiger partial charge in [0.25, 0.3) is 17.7 Å². The molecule has 4 heterocycles. The number of nitrogens with one attached hydrogen (secondary N) is 3. The topological polar surface area (TPSA) is 220 Å². The third-order valence-corrected chi connectivity index (χ3v) is 12.4. The van der Waals surface area contributed by atoms with Crippen molar-refractivity contribution in [1.82, 2.24) is 44.6 Å². The zero-order valence-corrected chi connectivity index (χ0v) is 40.7. The second-order valence-electron chi connectivity index (χ2n) is 17.9. The summed E-state index contributed by atoms with van der Waals surface area (Å²) in [7, 11) is 3.89. The lowest BCUT2D eigenvalue weighted by molar-refractivity contribution is 0.0592. The highest BCUT2D eigenvalue weighted by Gasteiger charge is 2.37. The second kappa shape index (κ2) is 19.8. The highest BCUT2D eigenvalue weighted by Crippen LogP contribution is 2.34. The fourth-order valence-electron chi connectivity index (χ4n) is 8.63. The lowest BCUT2D eigenvalue weighted by Gasteiger charge is -2.23. The number of fused-ring (bicyclic) bond motifs is 6. The third-order valence-electron chi connectivity index (χ3n) is 12.4. The summed E-state index contributed by atoms with van der Waals surface area (Å²) in [5, 5.41) is 9.56. The largest absolute Gasteiger partial charge is 0.465 e. The van der Waals surface area contributed by atoms with Crippen molar-refractivity contribution in [2.45, 2.75) is 80.4 Å². The summed E-state index contributed by atoms with van der Waals surface area (Å²) >= 11 is 0. The molecule has 18 nitrogen and oxygen atoms in total. The lowest BCUT2D eigenvalue weighted by Crippen LogP contribution is -2.35. The number of benzene rings is 3. The maximum absolute atomic E-state index is 14.9. The van der Waals surface area contributed by atoms with Crippen molar-refractivity contribution in [2.75, 3.05) is 21.3 Å². The Labute approximate surface area is 399 Å². The second-order valence-corrected chi connectivity index (χ2v) is 17.9. The number of hydrogen-bond donors (Lipinski definition) is 3. The predicted molar refractivity (Wildman–Crippen MR) is 254 cm³/mol.